The normalized spacial score (nSPS) is 11.6. The monoisotopic (exact) mass is 720 g/mol. The van der Waals surface area contributed by atoms with Crippen molar-refractivity contribution in [3.63, 3.8) is 0 Å². The van der Waals surface area contributed by atoms with Crippen LogP contribution in [0, 0.1) is 0 Å². The molecule has 11 aromatic rings. The third-order valence-electron chi connectivity index (χ3n) is 10.7. The van der Waals surface area contributed by atoms with Crippen LogP contribution in [0.5, 0.6) is 0 Å². The molecule has 0 N–H and O–H groups in total. The van der Waals surface area contributed by atoms with E-state index in [2.05, 4.69) is 175 Å². The Kier molecular flexibility index (Phi) is 7.35. The van der Waals surface area contributed by atoms with Crippen LogP contribution in [0.15, 0.2) is 199 Å². The highest BCUT2D eigenvalue weighted by molar-refractivity contribution is 7.26. The summed E-state index contributed by atoms with van der Waals surface area (Å²) in [6.07, 6.45) is 0. The van der Waals surface area contributed by atoms with Crippen molar-refractivity contribution in [2.24, 2.45) is 0 Å². The Labute approximate surface area is 322 Å². The van der Waals surface area contributed by atoms with Crippen LogP contribution < -0.4 is 4.90 Å². The minimum absolute atomic E-state index is 0.651. The molecule has 4 heteroatoms. The van der Waals surface area contributed by atoms with E-state index in [4.69, 9.17) is 9.40 Å². The van der Waals surface area contributed by atoms with Crippen molar-refractivity contribution in [2.75, 3.05) is 4.90 Å². The molecule has 0 saturated carbocycles. The summed E-state index contributed by atoms with van der Waals surface area (Å²) in [6.45, 7) is 0. The van der Waals surface area contributed by atoms with Gasteiger partial charge < -0.3 is 9.32 Å². The lowest BCUT2D eigenvalue weighted by Crippen LogP contribution is -2.10. The Bertz CT molecular complexity index is 3170. The summed E-state index contributed by atoms with van der Waals surface area (Å²) in [7, 11) is 0. The number of hydrogen-bond donors (Lipinski definition) is 0. The molecule has 0 saturated heterocycles. The lowest BCUT2D eigenvalue weighted by Gasteiger charge is -2.27. The van der Waals surface area contributed by atoms with E-state index in [0.29, 0.717) is 5.89 Å². The molecule has 9 aromatic carbocycles. The maximum atomic E-state index is 6.13. The van der Waals surface area contributed by atoms with Crippen LogP contribution in [-0.4, -0.2) is 4.98 Å². The van der Waals surface area contributed by atoms with Gasteiger partial charge in [0.15, 0.2) is 5.58 Å². The molecular formula is C51H32N2OS. The molecule has 11 rings (SSSR count). The molecular weight excluding hydrogens is 689 g/mol. The van der Waals surface area contributed by atoms with Crippen molar-refractivity contribution in [2.45, 2.75) is 0 Å². The van der Waals surface area contributed by atoms with Crippen LogP contribution >= 0.6 is 11.3 Å². The molecule has 0 amide bonds. The molecule has 55 heavy (non-hydrogen) atoms. The lowest BCUT2D eigenvalue weighted by atomic mass is 9.94. The summed E-state index contributed by atoms with van der Waals surface area (Å²) < 4.78 is 8.65. The Morgan fingerprint density at radius 2 is 1.09 bits per heavy atom. The van der Waals surface area contributed by atoms with Gasteiger partial charge in [-0.15, -0.1) is 11.3 Å². The summed E-state index contributed by atoms with van der Waals surface area (Å²) >= 11 is 1.84. The number of thiophene rings is 1. The Morgan fingerprint density at radius 3 is 1.93 bits per heavy atom. The molecule has 0 unspecified atom stereocenters. The number of para-hydroxylation sites is 3. The second-order valence-corrected chi connectivity index (χ2v) is 15.0. The topological polar surface area (TPSA) is 29.3 Å². The molecule has 3 nitrogen and oxygen atoms in total. The molecule has 0 aliphatic carbocycles. The van der Waals surface area contributed by atoms with E-state index in [1.165, 1.54) is 64.0 Å². The number of rotatable bonds is 6. The Morgan fingerprint density at radius 1 is 0.436 bits per heavy atom. The van der Waals surface area contributed by atoms with Gasteiger partial charge in [-0.3, -0.25) is 0 Å². The van der Waals surface area contributed by atoms with E-state index in [0.717, 1.165) is 33.7 Å². The first kappa shape index (κ1) is 31.5. The molecule has 2 aromatic heterocycles. The first-order valence-corrected chi connectivity index (χ1v) is 19.3. The number of oxazole rings is 1. The van der Waals surface area contributed by atoms with Crippen molar-refractivity contribution < 1.29 is 4.42 Å². The smallest absolute Gasteiger partial charge is 0.227 e. The van der Waals surface area contributed by atoms with Crippen LogP contribution in [0.25, 0.3) is 86.5 Å². The molecule has 0 aliphatic rings. The lowest BCUT2D eigenvalue weighted by molar-refractivity contribution is 0.620. The Hall–Kier alpha value is -7.01. The third-order valence-corrected chi connectivity index (χ3v) is 11.9. The minimum Gasteiger partial charge on any atom is -0.436 e. The van der Waals surface area contributed by atoms with E-state index >= 15 is 0 Å². The van der Waals surface area contributed by atoms with Gasteiger partial charge in [0, 0.05) is 47.9 Å². The maximum Gasteiger partial charge on any atom is 0.227 e. The number of hydrogen-bond acceptors (Lipinski definition) is 4. The van der Waals surface area contributed by atoms with Gasteiger partial charge in [-0.2, -0.15) is 0 Å². The van der Waals surface area contributed by atoms with Crippen molar-refractivity contribution in [1.29, 1.82) is 0 Å². The molecule has 0 radical (unpaired) electrons. The van der Waals surface area contributed by atoms with Gasteiger partial charge in [0.1, 0.15) is 5.52 Å². The fourth-order valence-corrected chi connectivity index (χ4v) is 9.29. The fraction of sp³-hybridized carbons (Fsp3) is 0. The van der Waals surface area contributed by atoms with Gasteiger partial charge in [-0.05, 0) is 93.7 Å². The first-order valence-electron chi connectivity index (χ1n) is 18.5. The van der Waals surface area contributed by atoms with Crippen LogP contribution in [0.4, 0.5) is 17.1 Å². The molecule has 2 heterocycles. The highest BCUT2D eigenvalue weighted by atomic mass is 32.1. The standard InChI is InChI=1S/C51H32N2OS/c1-3-11-33(12-4-1)34-21-25-39(26-22-34)53(38-13-5-2-6-14-38)47-30-29-40(41-15-7-8-16-42(41)47)36-20-19-35-23-28-44-43-27-24-37(32-49(43)55-50(44)45(35)31-36)51-52-46-17-9-10-18-48(46)54-51/h1-32H. The van der Waals surface area contributed by atoms with Gasteiger partial charge in [-0.1, -0.05) is 133 Å². The van der Waals surface area contributed by atoms with Crippen LogP contribution in [0.2, 0.25) is 0 Å². The SMILES string of the molecule is c1ccc(-c2ccc(N(c3ccccc3)c3ccc(-c4ccc5ccc6c7ccc(-c8nc9ccccc9o8)cc7sc6c5c4)c4ccccc34)cc2)cc1. The molecule has 0 bridgehead atoms. The van der Waals surface area contributed by atoms with Crippen LogP contribution in [-0.2, 0) is 0 Å². The zero-order valence-corrected chi connectivity index (χ0v) is 30.5. The van der Waals surface area contributed by atoms with Gasteiger partial charge in [0.05, 0.1) is 5.69 Å². The van der Waals surface area contributed by atoms with E-state index in [-0.39, 0.29) is 0 Å². The quantitative estimate of drug-likeness (QED) is 0.171. The summed E-state index contributed by atoms with van der Waals surface area (Å²) in [5, 5.41) is 7.43. The molecule has 258 valence electrons. The average molecular weight is 721 g/mol. The van der Waals surface area contributed by atoms with Gasteiger partial charge >= 0.3 is 0 Å². The van der Waals surface area contributed by atoms with Crippen molar-refractivity contribution in [3.8, 4) is 33.7 Å². The summed E-state index contributed by atoms with van der Waals surface area (Å²) in [6, 6.07) is 69.4. The van der Waals surface area contributed by atoms with Crippen LogP contribution in [0.1, 0.15) is 0 Å². The van der Waals surface area contributed by atoms with Crippen molar-refractivity contribution in [1.82, 2.24) is 4.98 Å². The molecule has 0 spiro atoms. The first-order chi connectivity index (χ1) is 27.2. The molecule has 0 atom stereocenters. The second kappa shape index (κ2) is 12.8. The predicted molar refractivity (Wildman–Crippen MR) is 233 cm³/mol. The third kappa shape index (κ3) is 5.38. The second-order valence-electron chi connectivity index (χ2n) is 13.9. The zero-order valence-electron chi connectivity index (χ0n) is 29.7. The zero-order chi connectivity index (χ0) is 36.3. The molecule has 0 fully saturated rings. The van der Waals surface area contributed by atoms with E-state index in [9.17, 15) is 0 Å². The Balaban J connectivity index is 1.03. The van der Waals surface area contributed by atoms with Crippen LogP contribution in [0.3, 0.4) is 0 Å². The highest BCUT2D eigenvalue weighted by Gasteiger charge is 2.19. The van der Waals surface area contributed by atoms with E-state index in [1.54, 1.807) is 0 Å². The van der Waals surface area contributed by atoms with E-state index < -0.39 is 0 Å². The number of nitrogens with zero attached hydrogens (tertiary/aromatic N) is 2. The summed E-state index contributed by atoms with van der Waals surface area (Å²) in [4.78, 5) is 7.14. The summed E-state index contributed by atoms with van der Waals surface area (Å²) in [5.41, 5.74) is 10.9. The highest BCUT2D eigenvalue weighted by Crippen LogP contribution is 2.45. The van der Waals surface area contributed by atoms with Gasteiger partial charge in [-0.25, -0.2) is 4.98 Å². The number of aromatic nitrogens is 1. The maximum absolute atomic E-state index is 6.13. The molecule has 0 aliphatic heterocycles. The predicted octanol–water partition coefficient (Wildman–Crippen LogP) is 15.0. The van der Waals surface area contributed by atoms with E-state index in [1.807, 2.05) is 35.6 Å². The number of anilines is 3. The van der Waals surface area contributed by atoms with Crippen molar-refractivity contribution >= 4 is 81.2 Å². The van der Waals surface area contributed by atoms with Gasteiger partial charge in [0.25, 0.3) is 0 Å². The largest absolute Gasteiger partial charge is 0.436 e. The average Bonchev–Trinajstić information content (AvgIpc) is 3.87. The number of fused-ring (bicyclic) bond motifs is 7. The van der Waals surface area contributed by atoms with Gasteiger partial charge in [0.2, 0.25) is 5.89 Å². The van der Waals surface area contributed by atoms with Crippen molar-refractivity contribution in [3.05, 3.63) is 194 Å². The number of benzene rings is 9. The fourth-order valence-electron chi connectivity index (χ4n) is 8.02. The minimum atomic E-state index is 0.651. The summed E-state index contributed by atoms with van der Waals surface area (Å²) in [5.74, 6) is 0.651.